The molecule has 0 unspecified atom stereocenters. The topological polar surface area (TPSA) is 57.9 Å². The van der Waals surface area contributed by atoms with E-state index in [0.717, 1.165) is 65.0 Å². The maximum Gasteiger partial charge on any atom is 0.243 e. The molecule has 6 nitrogen and oxygen atoms in total. The molecule has 0 atom stereocenters. The molecule has 0 saturated carbocycles. The van der Waals surface area contributed by atoms with Crippen LogP contribution >= 0.6 is 0 Å². The van der Waals surface area contributed by atoms with Crippen molar-refractivity contribution in [2.24, 2.45) is 4.99 Å². The fraction of sp³-hybridized carbons (Fsp3) is 0.229. The number of benzene rings is 4. The highest BCUT2D eigenvalue weighted by Crippen LogP contribution is 2.38. The van der Waals surface area contributed by atoms with Crippen LogP contribution in [0.25, 0.3) is 27.8 Å². The molecule has 6 rings (SSSR count). The third-order valence-electron chi connectivity index (χ3n) is 8.05. The second-order valence-electron chi connectivity index (χ2n) is 10.5. The first-order chi connectivity index (χ1) is 20.5. The molecule has 214 valence electrons. The van der Waals surface area contributed by atoms with E-state index in [1.165, 1.54) is 4.31 Å². The number of aliphatic imine (C=N–C) groups is 1. The Balaban J connectivity index is 1.57. The molecule has 5 aromatic rings. The Morgan fingerprint density at radius 3 is 2.14 bits per heavy atom. The predicted molar refractivity (Wildman–Crippen MR) is 174 cm³/mol. The van der Waals surface area contributed by atoms with Gasteiger partial charge in [0.2, 0.25) is 10.0 Å². The second-order valence-corrected chi connectivity index (χ2v) is 12.4. The maximum atomic E-state index is 13.5. The molecule has 2 heterocycles. The van der Waals surface area contributed by atoms with Crippen LogP contribution in [0.1, 0.15) is 32.3 Å². The summed E-state index contributed by atoms with van der Waals surface area (Å²) in [5.74, 6) is 0. The molecule has 0 amide bonds. The van der Waals surface area contributed by atoms with E-state index in [-0.39, 0.29) is 4.90 Å². The lowest BCUT2D eigenvalue weighted by Crippen LogP contribution is -2.30. The largest absolute Gasteiger partial charge is 0.370 e. The van der Waals surface area contributed by atoms with E-state index in [2.05, 4.69) is 82.3 Å². The van der Waals surface area contributed by atoms with E-state index < -0.39 is 10.0 Å². The SMILES string of the molecule is CCN(CC)S(=O)(=O)c1ccc(N2CCCC2)c(N=Cc2c(-c3ccccc3)n(-c3ccccc3)c3ccccc23)c1. The average Bonchev–Trinajstić information content (AvgIpc) is 3.68. The zero-order valence-electron chi connectivity index (χ0n) is 24.1. The van der Waals surface area contributed by atoms with Gasteiger partial charge in [-0.2, -0.15) is 4.31 Å². The molecule has 0 N–H and O–H groups in total. The van der Waals surface area contributed by atoms with Crippen LogP contribution in [0.15, 0.2) is 113 Å². The minimum atomic E-state index is -3.63. The zero-order chi connectivity index (χ0) is 29.1. The van der Waals surface area contributed by atoms with Gasteiger partial charge in [0.15, 0.2) is 0 Å². The van der Waals surface area contributed by atoms with Crippen molar-refractivity contribution in [1.29, 1.82) is 0 Å². The van der Waals surface area contributed by atoms with E-state index in [1.807, 2.05) is 38.3 Å². The molecule has 1 aliphatic heterocycles. The number of anilines is 1. The number of para-hydroxylation sites is 2. The third kappa shape index (κ3) is 5.14. The Kier molecular flexibility index (Phi) is 7.96. The standard InChI is InChI=1S/C35H36N4O2S/c1-3-38(4-2)42(40,41)29-21-22-34(37-23-13-14-24-37)32(25-29)36-26-31-30-19-11-12-20-33(30)39(28-17-9-6-10-18-28)35(31)27-15-7-5-8-16-27/h5-12,15-22,25-26H,3-4,13-14,23-24H2,1-2H3. The number of rotatable bonds is 9. The van der Waals surface area contributed by atoms with Crippen LogP contribution in [0, 0.1) is 0 Å². The Hall–Kier alpha value is -4.20. The van der Waals surface area contributed by atoms with Crippen molar-refractivity contribution in [1.82, 2.24) is 8.87 Å². The van der Waals surface area contributed by atoms with Crippen molar-refractivity contribution in [2.75, 3.05) is 31.1 Å². The van der Waals surface area contributed by atoms with Gasteiger partial charge in [0.05, 0.1) is 27.5 Å². The molecule has 42 heavy (non-hydrogen) atoms. The molecule has 1 aromatic heterocycles. The highest BCUT2D eigenvalue weighted by molar-refractivity contribution is 7.89. The fourth-order valence-corrected chi connectivity index (χ4v) is 7.44. The van der Waals surface area contributed by atoms with E-state index in [1.54, 1.807) is 12.1 Å². The third-order valence-corrected chi connectivity index (χ3v) is 10.1. The molecular formula is C35H36N4O2S. The summed E-state index contributed by atoms with van der Waals surface area (Å²) in [4.78, 5) is 7.67. The van der Waals surface area contributed by atoms with Gasteiger partial charge in [0.25, 0.3) is 0 Å². The van der Waals surface area contributed by atoms with Crippen molar-refractivity contribution >= 4 is 38.5 Å². The van der Waals surface area contributed by atoms with Gasteiger partial charge in [-0.3, -0.25) is 4.99 Å². The normalized spacial score (nSPS) is 14.0. The molecule has 0 spiro atoms. The Labute approximate surface area is 248 Å². The second kappa shape index (κ2) is 12.0. The van der Waals surface area contributed by atoms with Crippen LogP contribution in [0.4, 0.5) is 11.4 Å². The summed E-state index contributed by atoms with van der Waals surface area (Å²) in [6.45, 7) is 6.45. The molecule has 1 saturated heterocycles. The molecule has 4 aromatic carbocycles. The highest BCUT2D eigenvalue weighted by atomic mass is 32.2. The van der Waals surface area contributed by atoms with Crippen LogP contribution in [-0.2, 0) is 10.0 Å². The Bertz CT molecular complexity index is 1820. The summed E-state index contributed by atoms with van der Waals surface area (Å²) in [5, 5.41) is 1.08. The van der Waals surface area contributed by atoms with Gasteiger partial charge in [-0.05, 0) is 54.8 Å². The van der Waals surface area contributed by atoms with Gasteiger partial charge in [-0.25, -0.2) is 8.42 Å². The van der Waals surface area contributed by atoms with E-state index in [4.69, 9.17) is 4.99 Å². The van der Waals surface area contributed by atoms with E-state index in [9.17, 15) is 8.42 Å². The van der Waals surface area contributed by atoms with Crippen molar-refractivity contribution in [2.45, 2.75) is 31.6 Å². The number of aromatic nitrogens is 1. The molecule has 1 aliphatic rings. The van der Waals surface area contributed by atoms with Gasteiger partial charge in [0, 0.05) is 49.0 Å². The first-order valence-electron chi connectivity index (χ1n) is 14.7. The summed E-state index contributed by atoms with van der Waals surface area (Å²) in [6, 6.07) is 34.5. The summed E-state index contributed by atoms with van der Waals surface area (Å²) in [5.41, 5.74) is 6.90. The number of fused-ring (bicyclic) bond motifs is 1. The zero-order valence-corrected chi connectivity index (χ0v) is 25.0. The summed E-state index contributed by atoms with van der Waals surface area (Å²) in [7, 11) is -3.63. The van der Waals surface area contributed by atoms with Gasteiger partial charge < -0.3 is 9.47 Å². The molecule has 0 radical (unpaired) electrons. The van der Waals surface area contributed by atoms with Crippen LogP contribution in [0.3, 0.4) is 0 Å². The molecule has 0 aliphatic carbocycles. The average molecular weight is 577 g/mol. The first kappa shape index (κ1) is 27.9. The lowest BCUT2D eigenvalue weighted by Gasteiger charge is -2.22. The van der Waals surface area contributed by atoms with Crippen molar-refractivity contribution < 1.29 is 8.42 Å². The van der Waals surface area contributed by atoms with Crippen molar-refractivity contribution in [3.05, 3.63) is 109 Å². The molecule has 7 heteroatoms. The van der Waals surface area contributed by atoms with Gasteiger partial charge >= 0.3 is 0 Å². The van der Waals surface area contributed by atoms with Gasteiger partial charge in [0.1, 0.15) is 0 Å². The number of sulfonamides is 1. The van der Waals surface area contributed by atoms with Crippen molar-refractivity contribution in [3.8, 4) is 16.9 Å². The lowest BCUT2D eigenvalue weighted by molar-refractivity contribution is 0.445. The maximum absolute atomic E-state index is 13.5. The van der Waals surface area contributed by atoms with Gasteiger partial charge in [-0.1, -0.05) is 80.6 Å². The van der Waals surface area contributed by atoms with E-state index >= 15 is 0 Å². The van der Waals surface area contributed by atoms with Crippen molar-refractivity contribution in [3.63, 3.8) is 0 Å². The van der Waals surface area contributed by atoms with Crippen LogP contribution in [-0.4, -0.2) is 49.7 Å². The highest BCUT2D eigenvalue weighted by Gasteiger charge is 2.25. The summed E-state index contributed by atoms with van der Waals surface area (Å²) in [6.07, 6.45) is 4.16. The molecule has 0 bridgehead atoms. The van der Waals surface area contributed by atoms with Crippen LogP contribution < -0.4 is 4.90 Å². The quantitative estimate of drug-likeness (QED) is 0.169. The van der Waals surface area contributed by atoms with Gasteiger partial charge in [-0.15, -0.1) is 0 Å². The summed E-state index contributed by atoms with van der Waals surface area (Å²) >= 11 is 0. The smallest absolute Gasteiger partial charge is 0.243 e. The first-order valence-corrected chi connectivity index (χ1v) is 16.1. The Morgan fingerprint density at radius 2 is 1.45 bits per heavy atom. The monoisotopic (exact) mass is 576 g/mol. The lowest BCUT2D eigenvalue weighted by atomic mass is 10.1. The predicted octanol–water partition coefficient (Wildman–Crippen LogP) is 7.68. The van der Waals surface area contributed by atoms with Crippen LogP contribution in [0.2, 0.25) is 0 Å². The fourth-order valence-electron chi connectivity index (χ4n) is 5.96. The number of hydrogen-bond donors (Lipinski definition) is 0. The van der Waals surface area contributed by atoms with E-state index in [0.29, 0.717) is 18.8 Å². The number of nitrogens with zero attached hydrogens (tertiary/aromatic N) is 4. The molecular weight excluding hydrogens is 540 g/mol. The Morgan fingerprint density at radius 1 is 0.810 bits per heavy atom. The molecule has 1 fully saturated rings. The minimum absolute atomic E-state index is 0.274. The van der Waals surface area contributed by atoms with Crippen LogP contribution in [0.5, 0.6) is 0 Å². The summed E-state index contributed by atoms with van der Waals surface area (Å²) < 4.78 is 30.7. The number of hydrogen-bond acceptors (Lipinski definition) is 4. The minimum Gasteiger partial charge on any atom is -0.370 e.